The molecule has 1 aromatic heterocycles. The second-order valence-electron chi connectivity index (χ2n) is 8.29. The van der Waals surface area contributed by atoms with Crippen molar-refractivity contribution < 1.29 is 14.3 Å². The molecule has 1 aromatic carbocycles. The van der Waals surface area contributed by atoms with Gasteiger partial charge in [0.2, 0.25) is 5.91 Å². The lowest BCUT2D eigenvalue weighted by molar-refractivity contribution is -0.139. The summed E-state index contributed by atoms with van der Waals surface area (Å²) in [6.45, 7) is 8.38. The van der Waals surface area contributed by atoms with Crippen molar-refractivity contribution in [2.75, 3.05) is 6.61 Å². The van der Waals surface area contributed by atoms with Gasteiger partial charge in [0.05, 0.1) is 30.3 Å². The Hall–Kier alpha value is -3.39. The minimum atomic E-state index is -0.418. The average molecular weight is 477 g/mol. The van der Waals surface area contributed by atoms with Crippen molar-refractivity contribution in [2.45, 2.75) is 46.7 Å². The largest absolute Gasteiger partial charge is 0.463 e. The van der Waals surface area contributed by atoms with Crippen molar-refractivity contribution in [3.05, 3.63) is 87.4 Å². The van der Waals surface area contributed by atoms with E-state index in [1.54, 1.807) is 19.3 Å². The van der Waals surface area contributed by atoms with Crippen molar-refractivity contribution in [3.63, 3.8) is 0 Å². The number of nitrogens with one attached hydrogen (secondary N) is 1. The van der Waals surface area contributed by atoms with Crippen LogP contribution in [0.2, 0.25) is 0 Å². The lowest BCUT2D eigenvalue weighted by Gasteiger charge is -2.37. The Labute approximate surface area is 204 Å². The monoisotopic (exact) mass is 476 g/mol. The number of amidine groups is 1. The van der Waals surface area contributed by atoms with Crippen molar-refractivity contribution in [3.8, 4) is 0 Å². The van der Waals surface area contributed by atoms with Gasteiger partial charge in [-0.25, -0.2) is 9.79 Å². The number of carbonyl (C=O) groups excluding carboxylic acids is 2. The highest BCUT2D eigenvalue weighted by Crippen LogP contribution is 2.45. The molecule has 2 aliphatic rings. The number of fused-ring (bicyclic) bond motifs is 1. The maximum atomic E-state index is 13.1. The molecule has 34 heavy (non-hydrogen) atoms. The summed E-state index contributed by atoms with van der Waals surface area (Å²) in [7, 11) is 0. The molecule has 8 heteroatoms. The minimum Gasteiger partial charge on any atom is -0.463 e. The smallest absolute Gasteiger partial charge is 0.338 e. The van der Waals surface area contributed by atoms with Gasteiger partial charge in [-0.1, -0.05) is 41.6 Å². The number of aliphatic imine (C=N–C) groups is 1. The molecule has 0 radical (unpaired) electrons. The van der Waals surface area contributed by atoms with Crippen LogP contribution in [0.25, 0.3) is 0 Å². The zero-order valence-electron chi connectivity index (χ0n) is 19.8. The number of pyridine rings is 1. The van der Waals surface area contributed by atoms with Crippen LogP contribution in [0, 0.1) is 13.8 Å². The topological polar surface area (TPSA) is 83.9 Å². The fourth-order valence-electron chi connectivity index (χ4n) is 4.12. The molecule has 3 heterocycles. The summed E-state index contributed by atoms with van der Waals surface area (Å²) in [5, 5.41) is 5.66. The lowest BCUT2D eigenvalue weighted by atomic mass is 9.90. The average Bonchev–Trinajstić information content (AvgIpc) is 3.21. The molecule has 1 unspecified atom stereocenters. The molecule has 0 bridgehead atoms. The zero-order chi connectivity index (χ0) is 24.2. The third-order valence-electron chi connectivity index (χ3n) is 5.78. The number of aryl methyl sites for hydroxylation is 2. The van der Waals surface area contributed by atoms with Crippen LogP contribution in [-0.2, 0) is 20.9 Å². The van der Waals surface area contributed by atoms with Crippen LogP contribution in [-0.4, -0.2) is 33.5 Å². The van der Waals surface area contributed by atoms with Gasteiger partial charge in [-0.3, -0.25) is 9.78 Å². The highest BCUT2D eigenvalue weighted by molar-refractivity contribution is 8.16. The maximum Gasteiger partial charge on any atom is 0.338 e. The number of esters is 1. The summed E-state index contributed by atoms with van der Waals surface area (Å²) >= 11 is 1.47. The highest BCUT2D eigenvalue weighted by atomic mass is 32.2. The molecule has 2 aromatic rings. The van der Waals surface area contributed by atoms with Crippen LogP contribution in [0.1, 0.15) is 48.6 Å². The number of allylic oxidation sites excluding steroid dienone is 1. The van der Waals surface area contributed by atoms with Gasteiger partial charge in [-0.2, -0.15) is 0 Å². The number of hydrogen-bond acceptors (Lipinski definition) is 7. The molecular formula is C26H28N4O3S. The van der Waals surface area contributed by atoms with E-state index >= 15 is 0 Å². The van der Waals surface area contributed by atoms with E-state index in [9.17, 15) is 9.59 Å². The summed E-state index contributed by atoms with van der Waals surface area (Å²) in [5.41, 5.74) is 6.02. The number of nitrogens with zero attached hydrogens (tertiary/aromatic N) is 3. The predicted octanol–water partition coefficient (Wildman–Crippen LogP) is 4.54. The van der Waals surface area contributed by atoms with E-state index in [1.807, 2.05) is 43.2 Å². The number of amides is 1. The van der Waals surface area contributed by atoms with Gasteiger partial charge in [-0.15, -0.1) is 0 Å². The first kappa shape index (κ1) is 23.8. The van der Waals surface area contributed by atoms with Crippen molar-refractivity contribution in [1.82, 2.24) is 15.2 Å². The molecule has 1 N–H and O–H groups in total. The number of ether oxygens (including phenoxy) is 1. The molecule has 0 saturated carbocycles. The van der Waals surface area contributed by atoms with Gasteiger partial charge in [0, 0.05) is 24.6 Å². The van der Waals surface area contributed by atoms with Crippen molar-refractivity contribution in [1.29, 1.82) is 0 Å². The highest BCUT2D eigenvalue weighted by Gasteiger charge is 2.41. The summed E-state index contributed by atoms with van der Waals surface area (Å²) in [5.74, 6) is -0.494. The molecule has 1 atom stereocenters. The Balaban J connectivity index is 1.65. The molecule has 0 aliphatic carbocycles. The van der Waals surface area contributed by atoms with E-state index in [0.29, 0.717) is 17.8 Å². The van der Waals surface area contributed by atoms with Gasteiger partial charge in [0.15, 0.2) is 5.17 Å². The Morgan fingerprint density at radius 2 is 2.03 bits per heavy atom. The quantitative estimate of drug-likeness (QED) is 0.591. The first-order valence-corrected chi connectivity index (χ1v) is 12.1. The predicted molar refractivity (Wildman–Crippen MR) is 134 cm³/mol. The number of benzene rings is 1. The molecule has 1 amide bonds. The maximum absolute atomic E-state index is 13.1. The van der Waals surface area contributed by atoms with E-state index < -0.39 is 6.04 Å². The number of aromatic nitrogens is 1. The van der Waals surface area contributed by atoms with Crippen LogP contribution in [0.4, 0.5) is 0 Å². The lowest BCUT2D eigenvalue weighted by Crippen LogP contribution is -2.38. The fourth-order valence-corrected chi connectivity index (χ4v) is 5.08. The SMILES string of the molecule is CCOC(=O)C1=C(C)N=C2SC=C(CC(=O)NCc3cccnc3)N2C1c1cc(C)ccc1C. The van der Waals surface area contributed by atoms with Crippen LogP contribution < -0.4 is 5.32 Å². The van der Waals surface area contributed by atoms with Crippen LogP contribution >= 0.6 is 11.8 Å². The molecule has 0 spiro atoms. The van der Waals surface area contributed by atoms with Crippen molar-refractivity contribution >= 4 is 28.8 Å². The van der Waals surface area contributed by atoms with Gasteiger partial charge in [0.1, 0.15) is 0 Å². The van der Waals surface area contributed by atoms with Crippen LogP contribution in [0.5, 0.6) is 0 Å². The summed E-state index contributed by atoms with van der Waals surface area (Å²) in [6, 6.07) is 9.55. The Morgan fingerprint density at radius 1 is 1.21 bits per heavy atom. The minimum absolute atomic E-state index is 0.111. The standard InChI is InChI=1S/C26H28N4O3S/c1-5-33-25(32)23-18(4)29-26-30(24(23)21-11-16(2)8-9-17(21)3)20(15-34-26)12-22(31)28-14-19-7-6-10-27-13-19/h6-11,13,15,24H,5,12,14H2,1-4H3,(H,28,31). The number of hydrogen-bond donors (Lipinski definition) is 1. The summed E-state index contributed by atoms with van der Waals surface area (Å²) < 4.78 is 5.42. The van der Waals surface area contributed by atoms with Crippen LogP contribution in [0.3, 0.4) is 0 Å². The Morgan fingerprint density at radius 3 is 2.76 bits per heavy atom. The van der Waals surface area contributed by atoms with E-state index in [0.717, 1.165) is 33.1 Å². The van der Waals surface area contributed by atoms with Gasteiger partial charge < -0.3 is 15.0 Å². The van der Waals surface area contributed by atoms with Gasteiger partial charge in [-0.05, 0) is 55.9 Å². The summed E-state index contributed by atoms with van der Waals surface area (Å²) in [6.07, 6.45) is 3.60. The van der Waals surface area contributed by atoms with E-state index in [2.05, 4.69) is 28.5 Å². The molecule has 7 nitrogen and oxygen atoms in total. The third kappa shape index (κ3) is 4.92. The molecule has 4 rings (SSSR count). The Kier molecular flexibility index (Phi) is 7.17. The molecule has 0 saturated heterocycles. The zero-order valence-corrected chi connectivity index (χ0v) is 20.6. The number of carbonyl (C=O) groups is 2. The van der Waals surface area contributed by atoms with Gasteiger partial charge in [0.25, 0.3) is 0 Å². The van der Waals surface area contributed by atoms with Crippen LogP contribution in [0.15, 0.2) is 70.1 Å². The normalized spacial score (nSPS) is 17.2. The molecule has 176 valence electrons. The second-order valence-corrected chi connectivity index (χ2v) is 9.12. The molecule has 0 fully saturated rings. The second kappa shape index (κ2) is 10.3. The van der Waals surface area contributed by atoms with Gasteiger partial charge >= 0.3 is 5.97 Å². The third-order valence-corrected chi connectivity index (χ3v) is 6.67. The number of rotatable bonds is 7. The first-order valence-electron chi connectivity index (χ1n) is 11.2. The molecular weight excluding hydrogens is 448 g/mol. The fraction of sp³-hybridized carbons (Fsp3) is 0.308. The number of thioether (sulfide) groups is 1. The summed E-state index contributed by atoms with van der Waals surface area (Å²) in [4.78, 5) is 36.7. The molecule has 2 aliphatic heterocycles. The van der Waals surface area contributed by atoms with E-state index in [1.165, 1.54) is 11.8 Å². The Bertz CT molecular complexity index is 1200. The van der Waals surface area contributed by atoms with E-state index in [-0.39, 0.29) is 24.9 Å². The van der Waals surface area contributed by atoms with Crippen molar-refractivity contribution in [2.24, 2.45) is 4.99 Å². The first-order chi connectivity index (χ1) is 16.4. The van der Waals surface area contributed by atoms with E-state index in [4.69, 9.17) is 9.73 Å².